The lowest BCUT2D eigenvalue weighted by molar-refractivity contribution is 0.582. The van der Waals surface area contributed by atoms with Crippen molar-refractivity contribution >= 4 is 33.4 Å². The van der Waals surface area contributed by atoms with Gasteiger partial charge >= 0.3 is 0 Å². The first-order chi connectivity index (χ1) is 5.86. The topological polar surface area (TPSA) is 41.1 Å². The molecule has 1 fully saturated rings. The molecule has 66 valence electrons. The van der Waals surface area contributed by atoms with Gasteiger partial charge in [-0.2, -0.15) is 9.36 Å². The number of anilines is 1. The van der Waals surface area contributed by atoms with Crippen molar-refractivity contribution in [3.05, 3.63) is 3.92 Å². The summed E-state index contributed by atoms with van der Waals surface area (Å²) in [6.45, 7) is 4.06. The average molecular weight is 249 g/mol. The lowest BCUT2D eigenvalue weighted by Gasteiger charge is -2.25. The Bertz CT molecular complexity index is 258. The summed E-state index contributed by atoms with van der Waals surface area (Å²) < 4.78 is 5.08. The van der Waals surface area contributed by atoms with E-state index in [1.165, 1.54) is 11.5 Å². The third-order valence-corrected chi connectivity index (χ3v) is 2.90. The highest BCUT2D eigenvalue weighted by Crippen LogP contribution is 2.18. The second-order valence-electron chi connectivity index (χ2n) is 2.58. The van der Waals surface area contributed by atoms with Gasteiger partial charge in [-0.05, 0) is 27.5 Å². The smallest absolute Gasteiger partial charge is 0.238 e. The first-order valence-electron chi connectivity index (χ1n) is 3.81. The minimum Gasteiger partial charge on any atom is -0.338 e. The summed E-state index contributed by atoms with van der Waals surface area (Å²) in [7, 11) is 0. The molecule has 0 unspecified atom stereocenters. The normalized spacial score (nSPS) is 18.2. The molecule has 0 aromatic carbocycles. The van der Waals surface area contributed by atoms with Crippen LogP contribution in [0.4, 0.5) is 5.95 Å². The van der Waals surface area contributed by atoms with Crippen LogP contribution in [0.1, 0.15) is 0 Å². The van der Waals surface area contributed by atoms with E-state index >= 15 is 0 Å². The Morgan fingerprint density at radius 2 is 2.17 bits per heavy atom. The molecular weight excluding hydrogens is 240 g/mol. The zero-order valence-electron chi connectivity index (χ0n) is 6.46. The molecular formula is C6H9BrN4S. The molecule has 0 atom stereocenters. The van der Waals surface area contributed by atoms with E-state index in [1.54, 1.807) is 0 Å². The predicted octanol–water partition coefficient (Wildman–Crippen LogP) is 0.710. The van der Waals surface area contributed by atoms with E-state index in [-0.39, 0.29) is 0 Å². The molecule has 0 saturated carbocycles. The minimum absolute atomic E-state index is 0.855. The summed E-state index contributed by atoms with van der Waals surface area (Å²) in [5, 5.41) is 3.29. The maximum Gasteiger partial charge on any atom is 0.238 e. The number of nitrogens with zero attached hydrogens (tertiary/aromatic N) is 3. The van der Waals surface area contributed by atoms with Crippen LogP contribution >= 0.6 is 27.5 Å². The van der Waals surface area contributed by atoms with Crippen LogP contribution in [0, 0.1) is 0 Å². The first kappa shape index (κ1) is 8.40. The highest BCUT2D eigenvalue weighted by atomic mass is 79.9. The van der Waals surface area contributed by atoms with E-state index in [1.807, 2.05) is 0 Å². The molecule has 0 aliphatic carbocycles. The van der Waals surface area contributed by atoms with Crippen molar-refractivity contribution in [1.82, 2.24) is 14.7 Å². The zero-order valence-corrected chi connectivity index (χ0v) is 8.86. The van der Waals surface area contributed by atoms with Crippen LogP contribution < -0.4 is 10.2 Å². The van der Waals surface area contributed by atoms with E-state index in [4.69, 9.17) is 0 Å². The molecule has 4 nitrogen and oxygen atoms in total. The molecule has 6 heteroatoms. The van der Waals surface area contributed by atoms with Gasteiger partial charge in [-0.1, -0.05) is 0 Å². The fourth-order valence-corrected chi connectivity index (χ4v) is 2.00. The summed E-state index contributed by atoms with van der Waals surface area (Å²) in [6, 6.07) is 0. The number of hydrogen-bond donors (Lipinski definition) is 1. The number of hydrogen-bond acceptors (Lipinski definition) is 5. The van der Waals surface area contributed by atoms with Crippen molar-refractivity contribution in [1.29, 1.82) is 0 Å². The van der Waals surface area contributed by atoms with Crippen LogP contribution in [0.5, 0.6) is 0 Å². The maximum absolute atomic E-state index is 4.26. The minimum atomic E-state index is 0.855. The van der Waals surface area contributed by atoms with Crippen molar-refractivity contribution in [2.75, 3.05) is 31.1 Å². The SMILES string of the molecule is Brc1nc(N2CCNCC2)ns1. The average Bonchev–Trinajstić information content (AvgIpc) is 2.54. The maximum atomic E-state index is 4.26. The highest BCUT2D eigenvalue weighted by Gasteiger charge is 2.13. The molecule has 1 N–H and O–H groups in total. The van der Waals surface area contributed by atoms with E-state index in [0.29, 0.717) is 0 Å². The molecule has 1 aromatic rings. The predicted molar refractivity (Wildman–Crippen MR) is 52.7 cm³/mol. The Kier molecular flexibility index (Phi) is 2.57. The van der Waals surface area contributed by atoms with E-state index < -0.39 is 0 Å². The Hall–Kier alpha value is -0.200. The van der Waals surface area contributed by atoms with Crippen LogP contribution in [0.15, 0.2) is 3.92 Å². The lowest BCUT2D eigenvalue weighted by atomic mass is 10.4. The van der Waals surface area contributed by atoms with Gasteiger partial charge in [0.05, 0.1) is 0 Å². The van der Waals surface area contributed by atoms with Gasteiger partial charge in [0.2, 0.25) is 5.95 Å². The molecule has 1 aliphatic rings. The van der Waals surface area contributed by atoms with Gasteiger partial charge < -0.3 is 10.2 Å². The second kappa shape index (κ2) is 3.68. The second-order valence-corrected chi connectivity index (χ2v) is 4.61. The van der Waals surface area contributed by atoms with Gasteiger partial charge in [0.25, 0.3) is 0 Å². The van der Waals surface area contributed by atoms with Gasteiger partial charge in [-0.3, -0.25) is 0 Å². The van der Waals surface area contributed by atoms with Gasteiger partial charge in [-0.25, -0.2) is 0 Å². The van der Waals surface area contributed by atoms with Crippen molar-refractivity contribution in [2.24, 2.45) is 0 Å². The zero-order chi connectivity index (χ0) is 8.39. The monoisotopic (exact) mass is 248 g/mol. The number of nitrogens with one attached hydrogen (secondary N) is 1. The summed E-state index contributed by atoms with van der Waals surface area (Å²) in [6.07, 6.45) is 0. The Morgan fingerprint density at radius 3 is 2.75 bits per heavy atom. The van der Waals surface area contributed by atoms with Crippen LogP contribution in [0.25, 0.3) is 0 Å². The Morgan fingerprint density at radius 1 is 1.42 bits per heavy atom. The number of aromatic nitrogens is 2. The van der Waals surface area contributed by atoms with Crippen LogP contribution in [0.3, 0.4) is 0 Å². The summed E-state index contributed by atoms with van der Waals surface area (Å²) in [5.41, 5.74) is 0. The van der Waals surface area contributed by atoms with Gasteiger partial charge in [0.15, 0.2) is 3.92 Å². The van der Waals surface area contributed by atoms with E-state index in [9.17, 15) is 0 Å². The molecule has 0 radical (unpaired) electrons. The molecule has 0 bridgehead atoms. The van der Waals surface area contributed by atoms with E-state index in [0.717, 1.165) is 36.0 Å². The van der Waals surface area contributed by atoms with Crippen LogP contribution in [-0.2, 0) is 0 Å². The first-order valence-corrected chi connectivity index (χ1v) is 5.38. The van der Waals surface area contributed by atoms with Crippen molar-refractivity contribution in [3.8, 4) is 0 Å². The number of piperazine rings is 1. The lowest BCUT2D eigenvalue weighted by Crippen LogP contribution is -2.44. The van der Waals surface area contributed by atoms with Crippen LogP contribution in [-0.4, -0.2) is 35.5 Å². The summed E-state index contributed by atoms with van der Waals surface area (Å²) in [4.78, 5) is 6.45. The Balaban J connectivity index is 2.08. The largest absolute Gasteiger partial charge is 0.338 e. The molecule has 12 heavy (non-hydrogen) atoms. The fourth-order valence-electron chi connectivity index (χ4n) is 1.19. The van der Waals surface area contributed by atoms with Gasteiger partial charge in [0.1, 0.15) is 0 Å². The van der Waals surface area contributed by atoms with Crippen molar-refractivity contribution in [2.45, 2.75) is 0 Å². The number of halogens is 1. The molecule has 1 aliphatic heterocycles. The van der Waals surface area contributed by atoms with Crippen molar-refractivity contribution < 1.29 is 0 Å². The molecule has 1 aromatic heterocycles. The fraction of sp³-hybridized carbons (Fsp3) is 0.667. The molecule has 2 rings (SSSR count). The Labute approximate surface area is 83.3 Å². The molecule has 1 saturated heterocycles. The highest BCUT2D eigenvalue weighted by molar-refractivity contribution is 9.11. The van der Waals surface area contributed by atoms with E-state index in [2.05, 4.69) is 35.5 Å². The molecule has 0 amide bonds. The third-order valence-electron chi connectivity index (χ3n) is 1.79. The standard InChI is InChI=1S/C6H9BrN4S/c7-5-9-6(10-12-5)11-3-1-8-2-4-11/h8H,1-4H2. The van der Waals surface area contributed by atoms with Gasteiger partial charge in [0, 0.05) is 26.2 Å². The summed E-state index contributed by atoms with van der Waals surface area (Å²) >= 11 is 4.69. The van der Waals surface area contributed by atoms with Crippen LogP contribution in [0.2, 0.25) is 0 Å². The third kappa shape index (κ3) is 1.75. The quantitative estimate of drug-likeness (QED) is 0.795. The molecule has 2 heterocycles. The summed E-state index contributed by atoms with van der Waals surface area (Å²) in [5.74, 6) is 0.855. The molecule has 0 spiro atoms. The number of rotatable bonds is 1. The van der Waals surface area contributed by atoms with Gasteiger partial charge in [-0.15, -0.1) is 0 Å². The van der Waals surface area contributed by atoms with Crippen molar-refractivity contribution in [3.63, 3.8) is 0 Å².